The Bertz CT molecular complexity index is 1480. The van der Waals surface area contributed by atoms with Crippen molar-refractivity contribution in [3.8, 4) is 17.0 Å². The molecule has 1 N–H and O–H groups in total. The average molecular weight is 537 g/mol. The summed E-state index contributed by atoms with van der Waals surface area (Å²) in [7, 11) is 1.58. The van der Waals surface area contributed by atoms with E-state index in [0.29, 0.717) is 40.1 Å². The molecule has 5 rings (SSSR count). The molecule has 2 aromatic carbocycles. The van der Waals surface area contributed by atoms with Gasteiger partial charge >= 0.3 is 5.97 Å². The number of methoxy groups -OCH3 is 1. The molecular formula is C26H25BrN4O4. The first-order chi connectivity index (χ1) is 16.9. The van der Waals surface area contributed by atoms with E-state index < -0.39 is 16.9 Å². The normalized spacial score (nSPS) is 15.4. The summed E-state index contributed by atoms with van der Waals surface area (Å²) in [5, 5.41) is 15.1. The van der Waals surface area contributed by atoms with Crippen molar-refractivity contribution in [3.05, 3.63) is 63.1 Å². The minimum atomic E-state index is -0.808. The molecular weight excluding hydrogens is 512 g/mol. The highest BCUT2D eigenvalue weighted by Gasteiger charge is 2.36. The number of benzene rings is 2. The van der Waals surface area contributed by atoms with E-state index in [4.69, 9.17) is 14.8 Å². The van der Waals surface area contributed by atoms with Gasteiger partial charge in [0.15, 0.2) is 11.3 Å². The first-order valence-electron chi connectivity index (χ1n) is 11.6. The van der Waals surface area contributed by atoms with Crippen LogP contribution in [0.25, 0.3) is 27.8 Å². The maximum absolute atomic E-state index is 13.1. The van der Waals surface area contributed by atoms with Gasteiger partial charge in [-0.1, -0.05) is 35.2 Å². The van der Waals surface area contributed by atoms with E-state index in [9.17, 15) is 14.7 Å². The maximum Gasteiger partial charge on any atom is 0.303 e. The summed E-state index contributed by atoms with van der Waals surface area (Å²) in [4.78, 5) is 34.2. The number of carboxylic acid groups (broad SMARTS) is 1. The van der Waals surface area contributed by atoms with Crippen LogP contribution < -0.4 is 10.3 Å². The van der Waals surface area contributed by atoms with E-state index in [1.165, 1.54) is 0 Å². The van der Waals surface area contributed by atoms with Crippen LogP contribution in [-0.2, 0) is 11.2 Å². The number of rotatable bonds is 6. The summed E-state index contributed by atoms with van der Waals surface area (Å²) >= 11 is 3.49. The first kappa shape index (κ1) is 23.4. The van der Waals surface area contributed by atoms with Crippen molar-refractivity contribution in [1.82, 2.24) is 19.6 Å². The highest BCUT2D eigenvalue weighted by molar-refractivity contribution is 9.10. The Labute approximate surface area is 210 Å². The molecule has 2 heterocycles. The van der Waals surface area contributed by atoms with Crippen molar-refractivity contribution < 1.29 is 14.6 Å². The number of aromatic nitrogens is 4. The van der Waals surface area contributed by atoms with Crippen LogP contribution in [0.1, 0.15) is 44.3 Å². The minimum Gasteiger partial charge on any atom is -0.497 e. The van der Waals surface area contributed by atoms with Gasteiger partial charge in [-0.15, -0.1) is 0 Å². The lowest BCUT2D eigenvalue weighted by atomic mass is 9.69. The van der Waals surface area contributed by atoms with Gasteiger partial charge in [0.25, 0.3) is 5.56 Å². The summed E-state index contributed by atoms with van der Waals surface area (Å²) in [5.41, 5.74) is 1.09. The molecule has 8 nitrogen and oxygen atoms in total. The summed E-state index contributed by atoms with van der Waals surface area (Å²) in [6.07, 6.45) is 5.25. The third kappa shape index (κ3) is 4.65. The van der Waals surface area contributed by atoms with Crippen LogP contribution in [0.2, 0.25) is 0 Å². The molecule has 0 unspecified atom stereocenters. The molecule has 0 radical (unpaired) electrons. The summed E-state index contributed by atoms with van der Waals surface area (Å²) in [6.45, 7) is 0. The molecule has 0 bridgehead atoms. The fourth-order valence-corrected chi connectivity index (χ4v) is 5.49. The van der Waals surface area contributed by atoms with Gasteiger partial charge < -0.3 is 9.84 Å². The van der Waals surface area contributed by atoms with Gasteiger partial charge in [0, 0.05) is 21.8 Å². The topological polar surface area (TPSA) is 107 Å². The van der Waals surface area contributed by atoms with Crippen LogP contribution in [0.15, 0.2) is 51.7 Å². The molecule has 2 aromatic heterocycles. The molecule has 1 aliphatic rings. The summed E-state index contributed by atoms with van der Waals surface area (Å²) in [5.74, 6) is 0.478. The van der Waals surface area contributed by atoms with Crippen LogP contribution in [-0.4, -0.2) is 37.8 Å². The zero-order chi connectivity index (χ0) is 24.6. The van der Waals surface area contributed by atoms with E-state index in [-0.39, 0.29) is 12.1 Å². The molecule has 0 saturated heterocycles. The summed E-state index contributed by atoms with van der Waals surface area (Å²) in [6, 6.07) is 12.7. The molecule has 1 fully saturated rings. The largest absolute Gasteiger partial charge is 0.497 e. The molecule has 180 valence electrons. The van der Waals surface area contributed by atoms with Crippen LogP contribution in [0.5, 0.6) is 5.75 Å². The number of halogens is 1. The fourth-order valence-electron chi connectivity index (χ4n) is 5.13. The number of fused-ring (bicyclic) bond motifs is 3. The van der Waals surface area contributed by atoms with Gasteiger partial charge in [-0.25, -0.2) is 4.98 Å². The van der Waals surface area contributed by atoms with E-state index in [1.807, 2.05) is 18.2 Å². The zero-order valence-corrected chi connectivity index (χ0v) is 20.9. The van der Waals surface area contributed by atoms with Gasteiger partial charge in [-0.2, -0.15) is 14.6 Å². The second kappa shape index (κ2) is 9.37. The quantitative estimate of drug-likeness (QED) is 0.344. The number of carbonyl (C=O) groups is 1. The number of hydrogen-bond donors (Lipinski definition) is 1. The third-order valence-corrected chi connectivity index (χ3v) is 7.33. The smallest absolute Gasteiger partial charge is 0.303 e. The summed E-state index contributed by atoms with van der Waals surface area (Å²) < 4.78 is 7.70. The lowest BCUT2D eigenvalue weighted by molar-refractivity contribution is -0.140. The Hall–Kier alpha value is -3.33. The lowest BCUT2D eigenvalue weighted by Crippen LogP contribution is -2.31. The van der Waals surface area contributed by atoms with Crippen LogP contribution in [0.3, 0.4) is 0 Å². The van der Waals surface area contributed by atoms with Crippen LogP contribution >= 0.6 is 15.9 Å². The van der Waals surface area contributed by atoms with Crippen molar-refractivity contribution >= 4 is 38.4 Å². The first-order valence-corrected chi connectivity index (χ1v) is 12.4. The van der Waals surface area contributed by atoms with Crippen molar-refractivity contribution in [2.75, 3.05) is 7.11 Å². The Morgan fingerprint density at radius 2 is 1.86 bits per heavy atom. The predicted molar refractivity (Wildman–Crippen MR) is 136 cm³/mol. The average Bonchev–Trinajstić information content (AvgIpc) is 2.84. The Morgan fingerprint density at radius 3 is 2.54 bits per heavy atom. The van der Waals surface area contributed by atoms with Gasteiger partial charge in [0.05, 0.1) is 19.0 Å². The zero-order valence-electron chi connectivity index (χ0n) is 19.3. The Kier molecular flexibility index (Phi) is 6.27. The highest BCUT2D eigenvalue weighted by atomic mass is 79.9. The molecule has 0 atom stereocenters. The third-order valence-electron chi connectivity index (χ3n) is 6.84. The predicted octanol–water partition coefficient (Wildman–Crippen LogP) is 5.04. The Morgan fingerprint density at radius 1 is 1.11 bits per heavy atom. The molecule has 1 aliphatic carbocycles. The Balaban J connectivity index is 1.73. The number of aliphatic carboxylic acids is 1. The van der Waals surface area contributed by atoms with Gasteiger partial charge in [0.2, 0.25) is 0 Å². The standard InChI is InChI=1S/C26H25BrN4O4/c1-35-18-8-5-16(6-9-18)23-25(34)29-24-19-13-17(27)7-10-20(19)28-21(31(24)30-23)14-26(15-22(32)33)11-3-2-4-12-26/h5-10,13H,2-4,11-12,14-15H2,1H3,(H,32,33). The van der Waals surface area contributed by atoms with Crippen molar-refractivity contribution in [2.24, 2.45) is 5.41 Å². The number of nitrogens with zero attached hydrogens (tertiary/aromatic N) is 4. The SMILES string of the molecule is COc1ccc(-c2nn3c(CC4(CC(=O)O)CCCCC4)nc4ccc(Br)cc4c3nc2=O)cc1. The van der Waals surface area contributed by atoms with Crippen LogP contribution in [0, 0.1) is 5.41 Å². The van der Waals surface area contributed by atoms with Gasteiger partial charge in [-0.05, 0) is 60.7 Å². The van der Waals surface area contributed by atoms with E-state index in [0.717, 1.165) is 36.6 Å². The van der Waals surface area contributed by atoms with E-state index >= 15 is 0 Å². The minimum absolute atomic E-state index is 0.0769. The molecule has 4 aromatic rings. The molecule has 0 spiro atoms. The molecule has 1 saturated carbocycles. The monoisotopic (exact) mass is 536 g/mol. The highest BCUT2D eigenvalue weighted by Crippen LogP contribution is 2.42. The molecule has 0 aliphatic heterocycles. The van der Waals surface area contributed by atoms with Crippen molar-refractivity contribution in [2.45, 2.75) is 44.9 Å². The number of hydrogen-bond acceptors (Lipinski definition) is 6. The fraction of sp³-hybridized carbons (Fsp3) is 0.346. The maximum atomic E-state index is 13.1. The second-order valence-corrected chi connectivity index (χ2v) is 10.1. The molecule has 35 heavy (non-hydrogen) atoms. The van der Waals surface area contributed by atoms with E-state index in [1.54, 1.807) is 35.9 Å². The van der Waals surface area contributed by atoms with Gasteiger partial charge in [-0.3, -0.25) is 9.59 Å². The molecule has 9 heteroatoms. The van der Waals surface area contributed by atoms with E-state index in [2.05, 4.69) is 20.9 Å². The number of ether oxygens (including phenoxy) is 1. The van der Waals surface area contributed by atoms with Crippen molar-refractivity contribution in [1.29, 1.82) is 0 Å². The number of carboxylic acids is 1. The van der Waals surface area contributed by atoms with Crippen molar-refractivity contribution in [3.63, 3.8) is 0 Å². The lowest BCUT2D eigenvalue weighted by Gasteiger charge is -2.36. The van der Waals surface area contributed by atoms with Gasteiger partial charge in [0.1, 0.15) is 11.6 Å². The second-order valence-electron chi connectivity index (χ2n) is 9.23. The molecule has 0 amide bonds. The van der Waals surface area contributed by atoms with Crippen LogP contribution in [0.4, 0.5) is 0 Å².